The maximum atomic E-state index is 12.0. The number of rotatable bonds is 10. The van der Waals surface area contributed by atoms with E-state index in [1.807, 2.05) is 37.3 Å². The molecule has 3 N–H and O–H groups in total. The van der Waals surface area contributed by atoms with Gasteiger partial charge in [-0.2, -0.15) is 0 Å². The number of hydrogen-bond acceptors (Lipinski definition) is 5. The zero-order valence-corrected chi connectivity index (χ0v) is 16.4. The lowest BCUT2D eigenvalue weighted by molar-refractivity contribution is -0.118. The van der Waals surface area contributed by atoms with E-state index in [0.717, 1.165) is 0 Å². The summed E-state index contributed by atoms with van der Waals surface area (Å²) in [5.74, 6) is 0.695. The zero-order valence-electron chi connectivity index (χ0n) is 15.7. The largest absolute Gasteiger partial charge is 0.455 e. The van der Waals surface area contributed by atoms with E-state index >= 15 is 0 Å². The molecule has 2 rings (SSSR count). The number of nitrogens with one attached hydrogen (secondary N) is 3. The van der Waals surface area contributed by atoms with Crippen molar-refractivity contribution >= 4 is 29.2 Å². The molecule has 3 amide bonds. The lowest BCUT2D eigenvalue weighted by atomic mass is 10.2. The number of carbonyl (C=O) groups is 2. The van der Waals surface area contributed by atoms with Crippen LogP contribution in [0.15, 0.2) is 48.5 Å². The molecule has 0 aliphatic rings. The first kappa shape index (κ1) is 21.5. The minimum Gasteiger partial charge on any atom is -0.455 e. The molecule has 8 heteroatoms. The number of para-hydroxylation sites is 1. The van der Waals surface area contributed by atoms with Crippen LogP contribution in [-0.4, -0.2) is 38.2 Å². The SMILES string of the molecule is CCOCCCNC(=O)NC(=O)CNc1cc(Cl)ccc1Oc1ccccc1. The van der Waals surface area contributed by atoms with Gasteiger partial charge in [0, 0.05) is 24.8 Å². The van der Waals surface area contributed by atoms with Gasteiger partial charge in [0.05, 0.1) is 12.2 Å². The normalized spacial score (nSPS) is 10.2. The molecule has 150 valence electrons. The molecule has 0 aromatic heterocycles. The van der Waals surface area contributed by atoms with Crippen molar-refractivity contribution < 1.29 is 19.1 Å². The molecule has 0 radical (unpaired) electrons. The molecule has 0 fully saturated rings. The fraction of sp³-hybridized carbons (Fsp3) is 0.300. The Balaban J connectivity index is 1.83. The van der Waals surface area contributed by atoms with E-state index in [4.69, 9.17) is 21.1 Å². The predicted molar refractivity (Wildman–Crippen MR) is 109 cm³/mol. The molecular weight excluding hydrogens is 382 g/mol. The highest BCUT2D eigenvalue weighted by Crippen LogP contribution is 2.31. The topological polar surface area (TPSA) is 88.7 Å². The Morgan fingerprint density at radius 3 is 2.64 bits per heavy atom. The number of imide groups is 1. The van der Waals surface area contributed by atoms with Crippen LogP contribution in [0.2, 0.25) is 5.02 Å². The van der Waals surface area contributed by atoms with Crippen molar-refractivity contribution in [2.24, 2.45) is 0 Å². The average Bonchev–Trinajstić information content (AvgIpc) is 2.69. The van der Waals surface area contributed by atoms with E-state index < -0.39 is 11.9 Å². The Kier molecular flexibility index (Phi) is 9.10. The summed E-state index contributed by atoms with van der Waals surface area (Å²) in [6.45, 7) is 3.41. The van der Waals surface area contributed by atoms with Crippen molar-refractivity contribution in [3.63, 3.8) is 0 Å². The minimum absolute atomic E-state index is 0.113. The third kappa shape index (κ3) is 7.85. The van der Waals surface area contributed by atoms with Gasteiger partial charge >= 0.3 is 6.03 Å². The highest BCUT2D eigenvalue weighted by Gasteiger charge is 2.10. The second-order valence-electron chi connectivity index (χ2n) is 5.76. The molecule has 0 heterocycles. The van der Waals surface area contributed by atoms with Gasteiger partial charge in [-0.3, -0.25) is 10.1 Å². The summed E-state index contributed by atoms with van der Waals surface area (Å²) >= 11 is 6.04. The average molecular weight is 406 g/mol. The van der Waals surface area contributed by atoms with Crippen molar-refractivity contribution in [3.05, 3.63) is 53.6 Å². The Morgan fingerprint density at radius 1 is 1.11 bits per heavy atom. The lowest BCUT2D eigenvalue weighted by Gasteiger charge is -2.13. The number of amides is 3. The van der Waals surface area contributed by atoms with Crippen LogP contribution in [0.3, 0.4) is 0 Å². The molecular formula is C20H24ClN3O4. The van der Waals surface area contributed by atoms with Crippen molar-refractivity contribution in [2.75, 3.05) is 31.6 Å². The maximum Gasteiger partial charge on any atom is 0.321 e. The molecule has 2 aromatic rings. The van der Waals surface area contributed by atoms with Gasteiger partial charge in [0.15, 0.2) is 5.75 Å². The van der Waals surface area contributed by atoms with Crippen LogP contribution in [0.25, 0.3) is 0 Å². The first-order valence-corrected chi connectivity index (χ1v) is 9.38. The molecule has 0 bridgehead atoms. The standard InChI is InChI=1S/C20H24ClN3O4/c1-2-27-12-6-11-22-20(26)24-19(25)14-23-17-13-15(21)9-10-18(17)28-16-7-4-3-5-8-16/h3-5,7-10,13,23H,2,6,11-12,14H2,1H3,(H2,22,24,25,26). The van der Waals surface area contributed by atoms with Gasteiger partial charge in [-0.05, 0) is 43.7 Å². The van der Waals surface area contributed by atoms with Crippen LogP contribution in [-0.2, 0) is 9.53 Å². The molecule has 0 saturated heterocycles. The van der Waals surface area contributed by atoms with Gasteiger partial charge in [0.2, 0.25) is 5.91 Å². The molecule has 28 heavy (non-hydrogen) atoms. The predicted octanol–water partition coefficient (Wildman–Crippen LogP) is 3.80. The van der Waals surface area contributed by atoms with E-state index in [0.29, 0.717) is 48.4 Å². The van der Waals surface area contributed by atoms with Crippen LogP contribution >= 0.6 is 11.6 Å². The van der Waals surface area contributed by atoms with Crippen molar-refractivity contribution in [1.82, 2.24) is 10.6 Å². The minimum atomic E-state index is -0.546. The van der Waals surface area contributed by atoms with Gasteiger partial charge < -0.3 is 20.1 Å². The van der Waals surface area contributed by atoms with Crippen LogP contribution in [0.5, 0.6) is 11.5 Å². The smallest absolute Gasteiger partial charge is 0.321 e. The monoisotopic (exact) mass is 405 g/mol. The number of ether oxygens (including phenoxy) is 2. The summed E-state index contributed by atoms with van der Waals surface area (Å²) in [6.07, 6.45) is 0.677. The Labute approximate surface area is 169 Å². The van der Waals surface area contributed by atoms with Crippen molar-refractivity contribution in [1.29, 1.82) is 0 Å². The van der Waals surface area contributed by atoms with Gasteiger partial charge in [0.1, 0.15) is 5.75 Å². The van der Waals surface area contributed by atoms with E-state index in [1.54, 1.807) is 18.2 Å². The first-order valence-electron chi connectivity index (χ1n) is 9.00. The van der Waals surface area contributed by atoms with Crippen molar-refractivity contribution in [3.8, 4) is 11.5 Å². The Bertz CT molecular complexity index is 771. The fourth-order valence-electron chi connectivity index (χ4n) is 2.26. The third-order valence-corrected chi connectivity index (χ3v) is 3.80. The summed E-state index contributed by atoms with van der Waals surface area (Å²) < 4.78 is 11.0. The highest BCUT2D eigenvalue weighted by molar-refractivity contribution is 6.31. The number of carbonyl (C=O) groups excluding carboxylic acids is 2. The van der Waals surface area contributed by atoms with Gasteiger partial charge in [-0.25, -0.2) is 4.79 Å². The molecule has 7 nitrogen and oxygen atoms in total. The van der Waals surface area contributed by atoms with Gasteiger partial charge in [-0.1, -0.05) is 29.8 Å². The van der Waals surface area contributed by atoms with E-state index in [9.17, 15) is 9.59 Å². The summed E-state index contributed by atoms with van der Waals surface area (Å²) in [6, 6.07) is 13.8. The lowest BCUT2D eigenvalue weighted by Crippen LogP contribution is -2.42. The van der Waals surface area contributed by atoms with E-state index in [1.165, 1.54) is 0 Å². The van der Waals surface area contributed by atoms with Crippen LogP contribution in [0.4, 0.5) is 10.5 Å². The number of halogens is 1. The second kappa shape index (κ2) is 11.8. The van der Waals surface area contributed by atoms with Gasteiger partial charge in [-0.15, -0.1) is 0 Å². The number of anilines is 1. The van der Waals surface area contributed by atoms with Gasteiger partial charge in [0.25, 0.3) is 0 Å². The molecule has 0 spiro atoms. The fourth-order valence-corrected chi connectivity index (χ4v) is 2.43. The molecule has 0 atom stereocenters. The zero-order chi connectivity index (χ0) is 20.2. The quantitative estimate of drug-likeness (QED) is 0.523. The Morgan fingerprint density at radius 2 is 1.89 bits per heavy atom. The summed E-state index contributed by atoms with van der Waals surface area (Å²) in [4.78, 5) is 23.7. The van der Waals surface area contributed by atoms with Crippen LogP contribution in [0, 0.1) is 0 Å². The summed E-state index contributed by atoms with van der Waals surface area (Å²) in [7, 11) is 0. The molecule has 0 aliphatic heterocycles. The van der Waals surface area contributed by atoms with Crippen LogP contribution < -0.4 is 20.7 Å². The third-order valence-electron chi connectivity index (χ3n) is 3.56. The first-order chi connectivity index (χ1) is 13.6. The van der Waals surface area contributed by atoms with E-state index in [2.05, 4.69) is 16.0 Å². The van der Waals surface area contributed by atoms with Crippen LogP contribution in [0.1, 0.15) is 13.3 Å². The molecule has 0 aliphatic carbocycles. The number of hydrogen-bond donors (Lipinski definition) is 3. The van der Waals surface area contributed by atoms with E-state index in [-0.39, 0.29) is 6.54 Å². The number of urea groups is 1. The Hall–Kier alpha value is -2.77. The molecule has 2 aromatic carbocycles. The molecule has 0 saturated carbocycles. The summed E-state index contributed by atoms with van der Waals surface area (Å²) in [5.41, 5.74) is 0.545. The maximum absolute atomic E-state index is 12.0. The highest BCUT2D eigenvalue weighted by atomic mass is 35.5. The number of benzene rings is 2. The second-order valence-corrected chi connectivity index (χ2v) is 6.20. The summed E-state index contributed by atoms with van der Waals surface area (Å²) in [5, 5.41) is 8.30. The molecule has 0 unspecified atom stereocenters. The van der Waals surface area contributed by atoms with Crippen molar-refractivity contribution in [2.45, 2.75) is 13.3 Å².